The van der Waals surface area contributed by atoms with Crippen LogP contribution >= 0.6 is 0 Å². The number of nitrogen functional groups attached to an aromatic ring is 1. The van der Waals surface area contributed by atoms with Crippen molar-refractivity contribution < 1.29 is 4.79 Å². The maximum atomic E-state index is 12.2. The van der Waals surface area contributed by atoms with Gasteiger partial charge in [0, 0.05) is 26.1 Å². The maximum Gasteiger partial charge on any atom is 0.224 e. The van der Waals surface area contributed by atoms with Crippen molar-refractivity contribution in [3.63, 3.8) is 0 Å². The summed E-state index contributed by atoms with van der Waals surface area (Å²) in [5.74, 6) is -0.0308. The Morgan fingerprint density at radius 3 is 2.45 bits per heavy atom. The van der Waals surface area contributed by atoms with E-state index in [9.17, 15) is 4.79 Å². The predicted molar refractivity (Wildman–Crippen MR) is 129 cm³/mol. The molecule has 3 aromatic carbocycles. The van der Waals surface area contributed by atoms with Crippen molar-refractivity contribution >= 4 is 22.9 Å². The fourth-order valence-electron chi connectivity index (χ4n) is 4.04. The van der Waals surface area contributed by atoms with E-state index in [1.165, 1.54) is 11.1 Å². The molecule has 0 saturated carbocycles. The number of para-hydroxylation sites is 2. The Bertz CT molecular complexity index is 1070. The first kappa shape index (κ1) is 20.9. The van der Waals surface area contributed by atoms with Crippen molar-refractivity contribution in [2.45, 2.75) is 25.8 Å². The van der Waals surface area contributed by atoms with Gasteiger partial charge in [0.1, 0.15) is 0 Å². The van der Waals surface area contributed by atoms with Crippen molar-refractivity contribution in [1.29, 1.82) is 0 Å². The molecule has 4 rings (SSSR count). The van der Waals surface area contributed by atoms with Gasteiger partial charge in [0.05, 0.1) is 11.4 Å². The van der Waals surface area contributed by atoms with E-state index in [-0.39, 0.29) is 5.91 Å². The molecule has 0 radical (unpaired) electrons. The van der Waals surface area contributed by atoms with Gasteiger partial charge in [0.25, 0.3) is 0 Å². The molecule has 0 aromatic heterocycles. The van der Waals surface area contributed by atoms with E-state index in [4.69, 9.17) is 5.73 Å². The number of amides is 1. The van der Waals surface area contributed by atoms with Crippen LogP contribution in [0.4, 0.5) is 11.4 Å². The Labute approximate surface area is 184 Å². The summed E-state index contributed by atoms with van der Waals surface area (Å²) in [5, 5.41) is 2.88. The number of rotatable bonds is 7. The van der Waals surface area contributed by atoms with Crippen LogP contribution < -0.4 is 11.1 Å². The third-order valence-electron chi connectivity index (χ3n) is 5.86. The molecule has 0 unspecified atom stereocenters. The summed E-state index contributed by atoms with van der Waals surface area (Å²) < 4.78 is 0. The van der Waals surface area contributed by atoms with E-state index in [2.05, 4.69) is 65.3 Å². The number of anilines is 2. The molecular formula is C27H29N3O. The molecule has 0 bridgehead atoms. The minimum Gasteiger partial charge on any atom is -0.397 e. The lowest BCUT2D eigenvalue weighted by Gasteiger charge is -2.29. The van der Waals surface area contributed by atoms with Crippen LogP contribution in [0.1, 0.15) is 28.7 Å². The summed E-state index contributed by atoms with van der Waals surface area (Å²) in [6.07, 6.45) is 2.20. The van der Waals surface area contributed by atoms with Crippen LogP contribution in [0.3, 0.4) is 0 Å². The highest BCUT2D eigenvalue weighted by molar-refractivity contribution is 5.93. The number of carbonyl (C=O) groups excluding carboxylic acids is 1. The molecule has 0 fully saturated rings. The van der Waals surface area contributed by atoms with Gasteiger partial charge in [-0.1, -0.05) is 67.2 Å². The molecule has 1 amide bonds. The largest absolute Gasteiger partial charge is 0.397 e. The van der Waals surface area contributed by atoms with Gasteiger partial charge < -0.3 is 11.1 Å². The zero-order valence-corrected chi connectivity index (χ0v) is 17.8. The van der Waals surface area contributed by atoms with E-state index >= 15 is 0 Å². The average Bonchev–Trinajstić information content (AvgIpc) is 2.79. The van der Waals surface area contributed by atoms with Crippen molar-refractivity contribution in [2.75, 3.05) is 24.1 Å². The molecule has 31 heavy (non-hydrogen) atoms. The van der Waals surface area contributed by atoms with Gasteiger partial charge in [-0.2, -0.15) is 0 Å². The molecule has 4 heteroatoms. The van der Waals surface area contributed by atoms with E-state index in [0.29, 0.717) is 24.2 Å². The zero-order chi connectivity index (χ0) is 21.6. The number of hydrogen-bond acceptors (Lipinski definition) is 3. The first-order valence-electron chi connectivity index (χ1n) is 10.8. The minimum atomic E-state index is -0.0308. The van der Waals surface area contributed by atoms with Crippen LogP contribution in [-0.4, -0.2) is 23.9 Å². The van der Waals surface area contributed by atoms with E-state index < -0.39 is 0 Å². The van der Waals surface area contributed by atoms with E-state index in [0.717, 1.165) is 42.8 Å². The second-order valence-corrected chi connectivity index (χ2v) is 8.17. The first-order chi connectivity index (χ1) is 15.1. The molecule has 4 nitrogen and oxygen atoms in total. The molecule has 0 atom stereocenters. The van der Waals surface area contributed by atoms with E-state index in [1.807, 2.05) is 18.2 Å². The van der Waals surface area contributed by atoms with Crippen LogP contribution in [0.5, 0.6) is 0 Å². The second-order valence-electron chi connectivity index (χ2n) is 8.17. The quantitative estimate of drug-likeness (QED) is 0.543. The van der Waals surface area contributed by atoms with Gasteiger partial charge in [-0.05, 0) is 52.8 Å². The van der Waals surface area contributed by atoms with Gasteiger partial charge in [-0.15, -0.1) is 0 Å². The molecular weight excluding hydrogens is 382 g/mol. The SMILES string of the molecule is C=C(CN1CCc2ccccc2C1)c1ccc(CCC(=O)Nc2ccccc2N)cc1. The Hall–Kier alpha value is -3.37. The summed E-state index contributed by atoms with van der Waals surface area (Å²) in [4.78, 5) is 14.7. The number of nitrogens with two attached hydrogens (primary N) is 1. The van der Waals surface area contributed by atoms with Crippen LogP contribution in [0.25, 0.3) is 5.57 Å². The van der Waals surface area contributed by atoms with Gasteiger partial charge in [0.15, 0.2) is 0 Å². The average molecular weight is 412 g/mol. The standard InChI is InChI=1S/C27H29N3O/c1-20(18-30-17-16-23-6-2-3-7-24(23)19-30)22-13-10-21(11-14-22)12-15-27(31)29-26-9-5-4-8-25(26)28/h2-11,13-14H,1,12,15-19,28H2,(H,29,31). The highest BCUT2D eigenvalue weighted by atomic mass is 16.1. The van der Waals surface area contributed by atoms with Crippen LogP contribution in [0.2, 0.25) is 0 Å². The fourth-order valence-corrected chi connectivity index (χ4v) is 4.04. The Kier molecular flexibility index (Phi) is 6.48. The molecule has 1 aliphatic heterocycles. The van der Waals surface area contributed by atoms with Crippen LogP contribution in [0, 0.1) is 0 Å². The first-order valence-corrected chi connectivity index (χ1v) is 10.8. The molecule has 3 aromatic rings. The molecule has 0 spiro atoms. The van der Waals surface area contributed by atoms with Crippen LogP contribution in [-0.2, 0) is 24.2 Å². The highest BCUT2D eigenvalue weighted by Gasteiger charge is 2.16. The van der Waals surface area contributed by atoms with E-state index in [1.54, 1.807) is 6.07 Å². The van der Waals surface area contributed by atoms with Crippen molar-refractivity contribution in [1.82, 2.24) is 4.90 Å². The monoisotopic (exact) mass is 411 g/mol. The molecule has 1 heterocycles. The third kappa shape index (κ3) is 5.41. The molecule has 1 aliphatic rings. The highest BCUT2D eigenvalue weighted by Crippen LogP contribution is 2.22. The molecule has 158 valence electrons. The van der Waals surface area contributed by atoms with Gasteiger partial charge >= 0.3 is 0 Å². The number of hydrogen-bond donors (Lipinski definition) is 2. The second kappa shape index (κ2) is 9.63. The van der Waals surface area contributed by atoms with Crippen molar-refractivity contribution in [3.05, 3.63) is 102 Å². The summed E-state index contributed by atoms with van der Waals surface area (Å²) in [6, 6.07) is 24.4. The third-order valence-corrected chi connectivity index (χ3v) is 5.86. The minimum absolute atomic E-state index is 0.0308. The number of aryl methyl sites for hydroxylation is 1. The summed E-state index contributed by atoms with van der Waals surface area (Å²) in [7, 11) is 0. The lowest BCUT2D eigenvalue weighted by molar-refractivity contribution is -0.116. The number of nitrogens with one attached hydrogen (secondary N) is 1. The number of carbonyl (C=O) groups is 1. The summed E-state index contributed by atoms with van der Waals surface area (Å²) >= 11 is 0. The Balaban J connectivity index is 1.27. The smallest absolute Gasteiger partial charge is 0.224 e. The fraction of sp³-hybridized carbons (Fsp3) is 0.222. The normalized spacial score (nSPS) is 13.4. The van der Waals surface area contributed by atoms with Gasteiger partial charge in [0.2, 0.25) is 5.91 Å². The number of benzene rings is 3. The Morgan fingerprint density at radius 1 is 0.968 bits per heavy atom. The summed E-state index contributed by atoms with van der Waals surface area (Å²) in [6.45, 7) is 7.23. The number of fused-ring (bicyclic) bond motifs is 1. The van der Waals surface area contributed by atoms with Crippen molar-refractivity contribution in [2.24, 2.45) is 0 Å². The van der Waals surface area contributed by atoms with Gasteiger partial charge in [-0.3, -0.25) is 9.69 Å². The molecule has 0 aliphatic carbocycles. The lowest BCUT2D eigenvalue weighted by atomic mass is 9.98. The van der Waals surface area contributed by atoms with Gasteiger partial charge in [-0.25, -0.2) is 0 Å². The van der Waals surface area contributed by atoms with Crippen LogP contribution in [0.15, 0.2) is 79.4 Å². The molecule has 0 saturated heterocycles. The topological polar surface area (TPSA) is 58.4 Å². The predicted octanol–water partition coefficient (Wildman–Crippen LogP) is 4.91. The summed E-state index contributed by atoms with van der Waals surface area (Å²) in [5.41, 5.74) is 13.4. The number of nitrogens with zero attached hydrogens (tertiary/aromatic N) is 1. The maximum absolute atomic E-state index is 12.2. The molecule has 3 N–H and O–H groups in total. The lowest BCUT2D eigenvalue weighted by Crippen LogP contribution is -2.31. The van der Waals surface area contributed by atoms with Crippen molar-refractivity contribution in [3.8, 4) is 0 Å². The Morgan fingerprint density at radius 2 is 1.68 bits per heavy atom. The zero-order valence-electron chi connectivity index (χ0n) is 17.8.